The molecule has 2 aromatic heterocycles. The molecule has 0 saturated heterocycles. The van der Waals surface area contributed by atoms with E-state index in [2.05, 4.69) is 19.9 Å². The van der Waals surface area contributed by atoms with Gasteiger partial charge in [-0.05, 0) is 23.8 Å². The molecule has 3 aromatic rings. The molecule has 0 amide bonds. The molecular formula is C23H20F2N4O. The van der Waals surface area contributed by atoms with Crippen LogP contribution in [0.4, 0.5) is 14.5 Å². The summed E-state index contributed by atoms with van der Waals surface area (Å²) in [6.07, 6.45) is 5.27. The number of halogens is 2. The number of rotatable bonds is 6. The molecule has 1 aliphatic rings. The van der Waals surface area contributed by atoms with Crippen molar-refractivity contribution in [2.75, 3.05) is 0 Å². The van der Waals surface area contributed by atoms with Gasteiger partial charge in [-0.25, -0.2) is 18.7 Å². The number of Topliss-reactive ketones (excluding diaryl/α,β-unsaturated/α-hetero) is 1. The smallest absolute Gasteiger partial charge is 0.139 e. The Balaban J connectivity index is 1.74. The molecule has 1 aromatic carbocycles. The topological polar surface area (TPSA) is 68.1 Å². The number of aromatic nitrogens is 3. The number of hydrogen-bond donors (Lipinski definition) is 0. The molecule has 3 heterocycles. The van der Waals surface area contributed by atoms with E-state index < -0.39 is 11.6 Å². The molecule has 5 nitrogen and oxygen atoms in total. The molecule has 0 bridgehead atoms. The molecule has 0 atom stereocenters. The van der Waals surface area contributed by atoms with Gasteiger partial charge in [0.15, 0.2) is 0 Å². The summed E-state index contributed by atoms with van der Waals surface area (Å²) < 4.78 is 29.7. The molecule has 0 radical (unpaired) electrons. The lowest BCUT2D eigenvalue weighted by Gasteiger charge is -2.13. The molecule has 152 valence electrons. The summed E-state index contributed by atoms with van der Waals surface area (Å²) in [7, 11) is 0. The van der Waals surface area contributed by atoms with E-state index in [1.807, 2.05) is 0 Å². The Hall–Kier alpha value is -3.35. The van der Waals surface area contributed by atoms with Gasteiger partial charge in [-0.2, -0.15) is 0 Å². The van der Waals surface area contributed by atoms with Crippen LogP contribution in [0.25, 0.3) is 11.3 Å². The number of nitrogens with zero attached hydrogens (tertiary/aromatic N) is 4. The summed E-state index contributed by atoms with van der Waals surface area (Å²) >= 11 is 0. The summed E-state index contributed by atoms with van der Waals surface area (Å²) in [5.41, 5.74) is 3.26. The van der Waals surface area contributed by atoms with Crippen molar-refractivity contribution in [3.8, 4) is 11.3 Å². The lowest BCUT2D eigenvalue weighted by atomic mass is 9.95. The van der Waals surface area contributed by atoms with Crippen LogP contribution in [-0.4, -0.2) is 26.9 Å². The zero-order valence-electron chi connectivity index (χ0n) is 16.7. The normalized spacial score (nSPS) is 12.4. The minimum absolute atomic E-state index is 0.0694. The first-order valence-electron chi connectivity index (χ1n) is 9.74. The van der Waals surface area contributed by atoms with Crippen LogP contribution in [0.15, 0.2) is 41.8 Å². The van der Waals surface area contributed by atoms with E-state index in [0.29, 0.717) is 29.1 Å². The first-order chi connectivity index (χ1) is 14.5. The summed E-state index contributed by atoms with van der Waals surface area (Å²) in [6.45, 7) is 3.51. The Labute approximate surface area is 173 Å². The molecule has 0 fully saturated rings. The Morgan fingerprint density at radius 3 is 2.77 bits per heavy atom. The highest BCUT2D eigenvalue weighted by Crippen LogP contribution is 2.35. The average molecular weight is 406 g/mol. The van der Waals surface area contributed by atoms with Gasteiger partial charge in [0, 0.05) is 48.7 Å². The van der Waals surface area contributed by atoms with Crippen molar-refractivity contribution in [1.29, 1.82) is 0 Å². The number of carbonyl (C=O) groups excluding carboxylic acids is 1. The number of benzene rings is 1. The lowest BCUT2D eigenvalue weighted by Crippen LogP contribution is -2.13. The van der Waals surface area contributed by atoms with E-state index in [1.165, 1.54) is 18.5 Å². The van der Waals surface area contributed by atoms with Crippen LogP contribution >= 0.6 is 0 Å². The predicted octanol–water partition coefficient (Wildman–Crippen LogP) is 4.43. The van der Waals surface area contributed by atoms with Crippen molar-refractivity contribution in [3.63, 3.8) is 0 Å². The van der Waals surface area contributed by atoms with E-state index >= 15 is 4.39 Å². The minimum atomic E-state index is -0.702. The van der Waals surface area contributed by atoms with E-state index in [4.69, 9.17) is 0 Å². The maximum absolute atomic E-state index is 15.1. The maximum Gasteiger partial charge on any atom is 0.139 e. The summed E-state index contributed by atoms with van der Waals surface area (Å²) in [6, 6.07) is 6.09. The van der Waals surface area contributed by atoms with E-state index in [9.17, 15) is 9.18 Å². The fourth-order valence-corrected chi connectivity index (χ4v) is 3.42. The number of pyridine rings is 1. The van der Waals surface area contributed by atoms with E-state index in [0.717, 1.165) is 5.69 Å². The predicted molar refractivity (Wildman–Crippen MR) is 110 cm³/mol. The molecule has 7 heteroatoms. The Morgan fingerprint density at radius 1 is 1.13 bits per heavy atom. The van der Waals surface area contributed by atoms with Crippen molar-refractivity contribution < 1.29 is 13.6 Å². The van der Waals surface area contributed by atoms with Gasteiger partial charge in [0.1, 0.15) is 35.1 Å². The highest BCUT2D eigenvalue weighted by molar-refractivity contribution is 5.84. The van der Waals surface area contributed by atoms with E-state index in [-0.39, 0.29) is 35.7 Å². The third-order valence-corrected chi connectivity index (χ3v) is 5.17. The third kappa shape index (κ3) is 3.75. The number of fused-ring (bicyclic) bond motifs is 1. The fraction of sp³-hybridized carbons (Fsp3) is 0.261. The molecule has 4 rings (SSSR count). The summed E-state index contributed by atoms with van der Waals surface area (Å²) in [4.78, 5) is 29.4. The van der Waals surface area contributed by atoms with Gasteiger partial charge >= 0.3 is 0 Å². The zero-order chi connectivity index (χ0) is 21.3. The second kappa shape index (κ2) is 8.18. The fourth-order valence-electron chi connectivity index (χ4n) is 3.42. The SMILES string of the molecule is CC(C)C(=O)Cc1ccc(F)c(Cc2ncccc2-c2ncnc3c2N=CC3)c1F. The van der Waals surface area contributed by atoms with Gasteiger partial charge in [0.2, 0.25) is 0 Å². The van der Waals surface area contributed by atoms with Crippen molar-refractivity contribution in [3.05, 3.63) is 70.9 Å². The van der Waals surface area contributed by atoms with Crippen molar-refractivity contribution in [2.45, 2.75) is 33.1 Å². The molecular weight excluding hydrogens is 386 g/mol. The number of aliphatic imine (C=N–C) groups is 1. The second-order valence-electron chi connectivity index (χ2n) is 7.50. The monoisotopic (exact) mass is 406 g/mol. The highest BCUT2D eigenvalue weighted by Gasteiger charge is 2.22. The van der Waals surface area contributed by atoms with Crippen LogP contribution < -0.4 is 0 Å². The Morgan fingerprint density at radius 2 is 1.97 bits per heavy atom. The Kier molecular flexibility index (Phi) is 5.44. The van der Waals surface area contributed by atoms with Crippen LogP contribution in [0.5, 0.6) is 0 Å². The summed E-state index contributed by atoms with van der Waals surface area (Å²) in [5, 5.41) is 0. The van der Waals surface area contributed by atoms with Gasteiger partial charge in [0.05, 0.1) is 11.4 Å². The Bertz CT molecular complexity index is 1160. The van der Waals surface area contributed by atoms with Crippen LogP contribution in [0, 0.1) is 17.6 Å². The molecule has 0 saturated carbocycles. The third-order valence-electron chi connectivity index (χ3n) is 5.17. The molecule has 1 aliphatic heterocycles. The van der Waals surface area contributed by atoms with Gasteiger partial charge < -0.3 is 0 Å². The molecule has 0 unspecified atom stereocenters. The zero-order valence-corrected chi connectivity index (χ0v) is 16.7. The molecule has 0 spiro atoms. The standard InChI is InChI=1S/C23H20F2N4O/c1-13(2)20(30)10-14-5-6-17(24)16(21(14)25)11-19-15(4-3-8-26-19)22-23-18(7-9-27-23)28-12-29-22/h3-6,8-9,12-13H,7,10-11H2,1-2H3. The largest absolute Gasteiger partial charge is 0.299 e. The minimum Gasteiger partial charge on any atom is -0.299 e. The number of hydrogen-bond acceptors (Lipinski definition) is 5. The number of ketones is 1. The van der Waals surface area contributed by atoms with E-state index in [1.54, 1.807) is 38.4 Å². The summed E-state index contributed by atoms with van der Waals surface area (Å²) in [5.74, 6) is -1.69. The first-order valence-corrected chi connectivity index (χ1v) is 9.74. The van der Waals surface area contributed by atoms with Crippen LogP contribution in [-0.2, 0) is 24.1 Å². The van der Waals surface area contributed by atoms with Gasteiger partial charge in [0.25, 0.3) is 0 Å². The van der Waals surface area contributed by atoms with Gasteiger partial charge in [-0.15, -0.1) is 0 Å². The molecule has 30 heavy (non-hydrogen) atoms. The van der Waals surface area contributed by atoms with Crippen molar-refractivity contribution in [2.24, 2.45) is 10.9 Å². The average Bonchev–Trinajstić information content (AvgIpc) is 3.22. The van der Waals surface area contributed by atoms with Crippen LogP contribution in [0.2, 0.25) is 0 Å². The first kappa shape index (κ1) is 19.9. The van der Waals surface area contributed by atoms with Crippen LogP contribution in [0.1, 0.15) is 36.4 Å². The maximum atomic E-state index is 15.1. The van der Waals surface area contributed by atoms with Gasteiger partial charge in [-0.3, -0.25) is 14.8 Å². The second-order valence-corrected chi connectivity index (χ2v) is 7.50. The van der Waals surface area contributed by atoms with Crippen LogP contribution in [0.3, 0.4) is 0 Å². The lowest BCUT2D eigenvalue weighted by molar-refractivity contribution is -0.121. The molecule has 0 N–H and O–H groups in total. The number of carbonyl (C=O) groups is 1. The highest BCUT2D eigenvalue weighted by atomic mass is 19.1. The molecule has 0 aliphatic carbocycles. The van der Waals surface area contributed by atoms with Crippen molar-refractivity contribution in [1.82, 2.24) is 15.0 Å². The van der Waals surface area contributed by atoms with Crippen molar-refractivity contribution >= 4 is 17.7 Å². The quantitative estimate of drug-likeness (QED) is 0.607. The van der Waals surface area contributed by atoms with Gasteiger partial charge in [-0.1, -0.05) is 19.9 Å².